The van der Waals surface area contributed by atoms with Crippen LogP contribution in [0.15, 0.2) is 10.7 Å². The van der Waals surface area contributed by atoms with Crippen LogP contribution in [0.3, 0.4) is 0 Å². The minimum Gasteiger partial charge on any atom is -0.358 e. The van der Waals surface area contributed by atoms with E-state index in [4.69, 9.17) is 0 Å². The summed E-state index contributed by atoms with van der Waals surface area (Å²) in [5.74, 6) is -0.576. The molecule has 1 unspecified atom stereocenters. The highest BCUT2D eigenvalue weighted by Crippen LogP contribution is 2.26. The van der Waals surface area contributed by atoms with Gasteiger partial charge in [0.25, 0.3) is 0 Å². The first-order valence-corrected chi connectivity index (χ1v) is 8.24. The number of aryl methyl sites for hydroxylation is 1. The van der Waals surface area contributed by atoms with E-state index in [1.54, 1.807) is 13.1 Å². The summed E-state index contributed by atoms with van der Waals surface area (Å²) in [6, 6.07) is -0.216. The van der Waals surface area contributed by atoms with Crippen molar-refractivity contribution in [3.8, 4) is 0 Å². The highest BCUT2D eigenvalue weighted by atomic mass is 79.9. The highest BCUT2D eigenvalue weighted by molar-refractivity contribution is 9.10. The quantitative estimate of drug-likeness (QED) is 0.592. The van der Waals surface area contributed by atoms with Crippen molar-refractivity contribution in [2.45, 2.75) is 46.8 Å². The van der Waals surface area contributed by atoms with Gasteiger partial charge in [-0.1, -0.05) is 0 Å². The molecule has 0 radical (unpaired) electrons. The summed E-state index contributed by atoms with van der Waals surface area (Å²) in [6.07, 6.45) is 1.74. The van der Waals surface area contributed by atoms with E-state index in [-0.39, 0.29) is 28.8 Å². The molecule has 0 aliphatic rings. The Morgan fingerprint density at radius 1 is 1.42 bits per heavy atom. The minimum absolute atomic E-state index is 0.0937. The molecule has 0 aromatic carbocycles. The maximum atomic E-state index is 12.2. The molecule has 130 valence electrons. The van der Waals surface area contributed by atoms with Crippen LogP contribution in [0.1, 0.15) is 36.8 Å². The molecule has 0 saturated carbocycles. The number of rotatable bonds is 6. The Morgan fingerprint density at radius 3 is 2.58 bits per heavy atom. The van der Waals surface area contributed by atoms with Gasteiger partial charge in [0.1, 0.15) is 11.0 Å². The number of carbonyl (C=O) groups excluding carboxylic acids is 1. The topological polar surface area (TPSA) is 108 Å². The number of hydrogen-bond donors (Lipinski definition) is 1. The van der Waals surface area contributed by atoms with E-state index in [9.17, 15) is 14.9 Å². The molecular formula is C14H19BrN6O3. The molecule has 0 spiro atoms. The second kappa shape index (κ2) is 7.12. The largest absolute Gasteiger partial charge is 0.404 e. The lowest BCUT2D eigenvalue weighted by Crippen LogP contribution is -2.31. The normalized spacial score (nSPS) is 12.2. The predicted octanol–water partition coefficient (Wildman–Crippen LogP) is 2.26. The fraction of sp³-hybridized carbons (Fsp3) is 0.500. The molecule has 0 aliphatic carbocycles. The third-order valence-corrected chi connectivity index (χ3v) is 4.80. The third-order valence-electron chi connectivity index (χ3n) is 3.87. The van der Waals surface area contributed by atoms with Crippen molar-refractivity contribution in [2.75, 3.05) is 0 Å². The van der Waals surface area contributed by atoms with Crippen LogP contribution in [0.25, 0.3) is 0 Å². The lowest BCUT2D eigenvalue weighted by molar-refractivity contribution is -0.390. The van der Waals surface area contributed by atoms with Gasteiger partial charge in [0.2, 0.25) is 5.91 Å². The molecule has 0 aliphatic heterocycles. The summed E-state index contributed by atoms with van der Waals surface area (Å²) in [4.78, 5) is 22.5. The molecule has 2 heterocycles. The zero-order chi connectivity index (χ0) is 18.0. The number of halogens is 1. The van der Waals surface area contributed by atoms with Crippen LogP contribution in [-0.2, 0) is 17.9 Å². The van der Waals surface area contributed by atoms with Gasteiger partial charge in [-0.3, -0.25) is 9.48 Å². The van der Waals surface area contributed by atoms with Gasteiger partial charge in [0.05, 0.1) is 23.0 Å². The molecule has 1 N–H and O–H groups in total. The fourth-order valence-corrected chi connectivity index (χ4v) is 2.91. The van der Waals surface area contributed by atoms with Crippen molar-refractivity contribution < 1.29 is 9.72 Å². The summed E-state index contributed by atoms with van der Waals surface area (Å²) in [5, 5.41) is 21.9. The number of nitrogens with one attached hydrogen (secondary N) is 1. The van der Waals surface area contributed by atoms with E-state index in [2.05, 4.69) is 31.4 Å². The van der Waals surface area contributed by atoms with E-state index in [1.165, 1.54) is 4.68 Å². The zero-order valence-corrected chi connectivity index (χ0v) is 15.5. The van der Waals surface area contributed by atoms with Crippen molar-refractivity contribution >= 4 is 27.7 Å². The van der Waals surface area contributed by atoms with Crippen LogP contribution >= 0.6 is 15.9 Å². The predicted molar refractivity (Wildman–Crippen MR) is 90.5 cm³/mol. The Kier molecular flexibility index (Phi) is 5.37. The first-order chi connectivity index (χ1) is 11.3. The monoisotopic (exact) mass is 398 g/mol. The molecule has 10 heteroatoms. The van der Waals surface area contributed by atoms with Gasteiger partial charge < -0.3 is 15.4 Å². The van der Waals surface area contributed by atoms with E-state index >= 15 is 0 Å². The van der Waals surface area contributed by atoms with Gasteiger partial charge in [-0.2, -0.15) is 9.78 Å². The van der Waals surface area contributed by atoms with Crippen LogP contribution in [0.5, 0.6) is 0 Å². The average molecular weight is 399 g/mol. The first-order valence-electron chi connectivity index (χ1n) is 7.45. The SMILES string of the molecule is CCn1ncc(C(C)NC(=O)Cn2nc([N+](=O)[O-])c(Br)c2C)c1C. The van der Waals surface area contributed by atoms with E-state index < -0.39 is 4.92 Å². The smallest absolute Gasteiger partial charge is 0.358 e. The second-order valence-corrected chi connectivity index (χ2v) is 6.22. The van der Waals surface area contributed by atoms with Crippen molar-refractivity contribution in [2.24, 2.45) is 0 Å². The van der Waals surface area contributed by atoms with Gasteiger partial charge in [0.15, 0.2) is 0 Å². The standard InChI is InChI=1S/C14H19BrN6O3/c1-5-19-9(3)11(6-16-19)8(2)17-12(22)7-20-10(4)13(15)14(18-20)21(23)24/h6,8H,5,7H2,1-4H3,(H,17,22). The van der Waals surface area contributed by atoms with E-state index in [0.717, 1.165) is 17.8 Å². The Hall–Kier alpha value is -2.23. The number of hydrogen-bond acceptors (Lipinski definition) is 5. The van der Waals surface area contributed by atoms with Gasteiger partial charge >= 0.3 is 5.82 Å². The lowest BCUT2D eigenvalue weighted by atomic mass is 10.1. The molecule has 2 rings (SSSR count). The van der Waals surface area contributed by atoms with Gasteiger partial charge in [-0.05, 0) is 48.5 Å². The summed E-state index contributed by atoms with van der Waals surface area (Å²) in [7, 11) is 0. The Balaban J connectivity index is 2.09. The van der Waals surface area contributed by atoms with Gasteiger partial charge in [-0.15, -0.1) is 0 Å². The maximum Gasteiger partial charge on any atom is 0.404 e. The van der Waals surface area contributed by atoms with E-state index in [1.807, 2.05) is 25.5 Å². The van der Waals surface area contributed by atoms with Gasteiger partial charge in [0, 0.05) is 17.8 Å². The summed E-state index contributed by atoms with van der Waals surface area (Å²) >= 11 is 3.13. The Bertz CT molecular complexity index is 782. The Morgan fingerprint density at radius 2 is 2.08 bits per heavy atom. The lowest BCUT2D eigenvalue weighted by Gasteiger charge is -2.13. The van der Waals surface area contributed by atoms with Crippen LogP contribution in [-0.4, -0.2) is 30.4 Å². The molecular weight excluding hydrogens is 380 g/mol. The van der Waals surface area contributed by atoms with Crippen molar-refractivity contribution in [3.05, 3.63) is 37.7 Å². The molecule has 1 atom stereocenters. The summed E-state index contributed by atoms with van der Waals surface area (Å²) < 4.78 is 3.45. The third kappa shape index (κ3) is 3.48. The fourth-order valence-electron chi connectivity index (χ4n) is 2.48. The number of carbonyl (C=O) groups is 1. The summed E-state index contributed by atoms with van der Waals surface area (Å²) in [6.45, 7) is 8.15. The summed E-state index contributed by atoms with van der Waals surface area (Å²) in [5.41, 5.74) is 2.47. The van der Waals surface area contributed by atoms with Crippen LogP contribution < -0.4 is 5.32 Å². The van der Waals surface area contributed by atoms with Crippen molar-refractivity contribution in [1.82, 2.24) is 24.9 Å². The Labute approximate surface area is 147 Å². The van der Waals surface area contributed by atoms with E-state index in [0.29, 0.717) is 5.69 Å². The van der Waals surface area contributed by atoms with Gasteiger partial charge in [-0.25, -0.2) is 0 Å². The average Bonchev–Trinajstić information content (AvgIpc) is 3.02. The van der Waals surface area contributed by atoms with Crippen molar-refractivity contribution in [3.63, 3.8) is 0 Å². The first kappa shape index (κ1) is 18.1. The van der Waals surface area contributed by atoms with Crippen LogP contribution in [0, 0.1) is 24.0 Å². The van der Waals surface area contributed by atoms with Crippen LogP contribution in [0.4, 0.5) is 5.82 Å². The molecule has 1 amide bonds. The molecule has 0 bridgehead atoms. The number of nitrogens with zero attached hydrogens (tertiary/aromatic N) is 5. The molecule has 0 saturated heterocycles. The highest BCUT2D eigenvalue weighted by Gasteiger charge is 2.25. The molecule has 0 fully saturated rings. The number of aromatic nitrogens is 4. The molecule has 2 aromatic heterocycles. The number of amides is 1. The zero-order valence-electron chi connectivity index (χ0n) is 13.9. The molecule has 9 nitrogen and oxygen atoms in total. The number of nitro groups is 1. The maximum absolute atomic E-state index is 12.2. The second-order valence-electron chi connectivity index (χ2n) is 5.43. The molecule has 24 heavy (non-hydrogen) atoms. The molecule has 2 aromatic rings. The van der Waals surface area contributed by atoms with Crippen LogP contribution in [0.2, 0.25) is 0 Å². The van der Waals surface area contributed by atoms with Crippen molar-refractivity contribution in [1.29, 1.82) is 0 Å². The minimum atomic E-state index is -0.587.